The molecule has 1 amide bonds. The van der Waals surface area contributed by atoms with E-state index in [1.54, 1.807) is 13.8 Å². The number of carbonyl (C=O) groups is 2. The van der Waals surface area contributed by atoms with E-state index in [1.807, 2.05) is 0 Å². The van der Waals surface area contributed by atoms with E-state index in [-0.39, 0.29) is 11.8 Å². The van der Waals surface area contributed by atoms with Crippen LogP contribution in [0.3, 0.4) is 0 Å². The quantitative estimate of drug-likeness (QED) is 0.469. The standard InChI is InChI=1S/C5H9NO2S/c1-4(2)5(8)6-9-3-7/h3-4H,1-2H3,(H,6,8). The fraction of sp³-hybridized carbons (Fsp3) is 0.600. The SMILES string of the molecule is CC(C)C(=O)NSC=O. The van der Waals surface area contributed by atoms with Crippen molar-refractivity contribution >= 4 is 23.5 Å². The molecule has 0 spiro atoms. The molecule has 0 aliphatic carbocycles. The van der Waals surface area contributed by atoms with Crippen molar-refractivity contribution in [3.8, 4) is 0 Å². The first-order chi connectivity index (χ1) is 4.18. The maximum absolute atomic E-state index is 10.6. The van der Waals surface area contributed by atoms with Crippen molar-refractivity contribution in [3.63, 3.8) is 0 Å². The molecule has 0 unspecified atom stereocenters. The van der Waals surface area contributed by atoms with Crippen molar-refractivity contribution in [2.45, 2.75) is 13.8 Å². The Balaban J connectivity index is 3.38. The Bertz CT molecular complexity index is 114. The molecule has 0 atom stereocenters. The number of carbonyl (C=O) groups excluding carboxylic acids is 2. The normalized spacial score (nSPS) is 9.22. The lowest BCUT2D eigenvalue weighted by Gasteiger charge is -2.00. The topological polar surface area (TPSA) is 46.2 Å². The summed E-state index contributed by atoms with van der Waals surface area (Å²) >= 11 is 0.764. The second kappa shape index (κ2) is 4.38. The number of nitrogens with one attached hydrogen (secondary N) is 1. The van der Waals surface area contributed by atoms with Crippen LogP contribution in [0, 0.1) is 5.92 Å². The molecule has 0 bridgehead atoms. The zero-order valence-electron chi connectivity index (χ0n) is 5.38. The van der Waals surface area contributed by atoms with Crippen LogP contribution in [0.15, 0.2) is 0 Å². The lowest BCUT2D eigenvalue weighted by Crippen LogP contribution is -2.21. The largest absolute Gasteiger partial charge is 0.294 e. The Hall–Kier alpha value is -0.510. The van der Waals surface area contributed by atoms with Gasteiger partial charge >= 0.3 is 0 Å². The van der Waals surface area contributed by atoms with Gasteiger partial charge in [-0.3, -0.25) is 14.3 Å². The molecule has 4 heteroatoms. The van der Waals surface area contributed by atoms with Crippen LogP contribution in [0.4, 0.5) is 0 Å². The summed E-state index contributed by atoms with van der Waals surface area (Å²) in [6.07, 6.45) is 0. The van der Waals surface area contributed by atoms with Gasteiger partial charge < -0.3 is 0 Å². The van der Waals surface area contributed by atoms with Gasteiger partial charge in [0.1, 0.15) is 0 Å². The molecule has 0 saturated carbocycles. The molecular formula is C5H9NO2S. The summed E-state index contributed by atoms with van der Waals surface area (Å²) in [6.45, 7) is 3.53. The highest BCUT2D eigenvalue weighted by molar-refractivity contribution is 8.10. The summed E-state index contributed by atoms with van der Waals surface area (Å²) in [5.41, 5.74) is 0.584. The van der Waals surface area contributed by atoms with Crippen molar-refractivity contribution in [1.82, 2.24) is 4.72 Å². The van der Waals surface area contributed by atoms with Gasteiger partial charge in [-0.15, -0.1) is 0 Å². The predicted molar refractivity (Wildman–Crippen MR) is 37.3 cm³/mol. The van der Waals surface area contributed by atoms with Gasteiger partial charge in [0.05, 0.1) is 0 Å². The molecule has 0 saturated heterocycles. The lowest BCUT2D eigenvalue weighted by molar-refractivity contribution is -0.122. The van der Waals surface area contributed by atoms with E-state index in [0.29, 0.717) is 5.62 Å². The molecule has 0 aromatic carbocycles. The molecule has 0 aromatic heterocycles. The highest BCUT2D eigenvalue weighted by atomic mass is 32.2. The van der Waals surface area contributed by atoms with Crippen molar-refractivity contribution in [1.29, 1.82) is 0 Å². The van der Waals surface area contributed by atoms with Crippen LogP contribution >= 0.6 is 11.9 Å². The third-order valence-corrected chi connectivity index (χ3v) is 1.15. The van der Waals surface area contributed by atoms with E-state index in [1.165, 1.54) is 0 Å². The van der Waals surface area contributed by atoms with Crippen molar-refractivity contribution in [2.24, 2.45) is 5.92 Å². The summed E-state index contributed by atoms with van der Waals surface area (Å²) in [4.78, 5) is 20.3. The van der Waals surface area contributed by atoms with Crippen LogP contribution in [0.2, 0.25) is 0 Å². The Morgan fingerprint density at radius 1 is 1.67 bits per heavy atom. The van der Waals surface area contributed by atoms with Crippen LogP contribution in [-0.4, -0.2) is 11.5 Å². The Morgan fingerprint density at radius 2 is 2.22 bits per heavy atom. The van der Waals surface area contributed by atoms with Crippen LogP contribution < -0.4 is 4.72 Å². The van der Waals surface area contributed by atoms with Crippen LogP contribution in [0.1, 0.15) is 13.8 Å². The second-order valence-corrected chi connectivity index (χ2v) is 2.47. The molecule has 0 aliphatic heterocycles. The highest BCUT2D eigenvalue weighted by Crippen LogP contribution is 1.94. The van der Waals surface area contributed by atoms with E-state index in [9.17, 15) is 9.59 Å². The molecule has 1 N–H and O–H groups in total. The number of hydrogen-bond acceptors (Lipinski definition) is 3. The molecule has 9 heavy (non-hydrogen) atoms. The van der Waals surface area contributed by atoms with E-state index in [4.69, 9.17) is 0 Å². The van der Waals surface area contributed by atoms with Crippen LogP contribution in [0.5, 0.6) is 0 Å². The molecule has 0 aromatic rings. The maximum Gasteiger partial charge on any atom is 0.232 e. The van der Waals surface area contributed by atoms with Gasteiger partial charge in [-0.1, -0.05) is 13.8 Å². The molecule has 0 heterocycles. The molecule has 0 rings (SSSR count). The minimum Gasteiger partial charge on any atom is -0.294 e. The molecule has 0 aliphatic rings. The second-order valence-electron chi connectivity index (χ2n) is 1.84. The first-order valence-corrected chi connectivity index (χ1v) is 3.45. The van der Waals surface area contributed by atoms with Crippen molar-refractivity contribution < 1.29 is 9.59 Å². The van der Waals surface area contributed by atoms with Crippen LogP contribution in [0.25, 0.3) is 0 Å². The molecule has 52 valence electrons. The van der Waals surface area contributed by atoms with Crippen molar-refractivity contribution in [2.75, 3.05) is 0 Å². The smallest absolute Gasteiger partial charge is 0.232 e. The predicted octanol–water partition coefficient (Wildman–Crippen LogP) is 0.597. The molecule has 3 nitrogen and oxygen atoms in total. The fourth-order valence-corrected chi connectivity index (χ4v) is 0.600. The summed E-state index contributed by atoms with van der Waals surface area (Å²) in [5.74, 6) is -0.176. The Kier molecular flexibility index (Phi) is 4.13. The maximum atomic E-state index is 10.6. The van der Waals surface area contributed by atoms with E-state index >= 15 is 0 Å². The first kappa shape index (κ1) is 8.49. The zero-order chi connectivity index (χ0) is 7.28. The third-order valence-electron chi connectivity index (χ3n) is 0.732. The molecular weight excluding hydrogens is 138 g/mol. The van der Waals surface area contributed by atoms with Crippen LogP contribution in [-0.2, 0) is 9.59 Å². The van der Waals surface area contributed by atoms with Crippen molar-refractivity contribution in [3.05, 3.63) is 0 Å². The first-order valence-electron chi connectivity index (χ1n) is 2.57. The fourth-order valence-electron chi connectivity index (χ4n) is 0.200. The number of rotatable bonds is 3. The minimum atomic E-state index is -0.118. The monoisotopic (exact) mass is 147 g/mol. The Morgan fingerprint density at radius 3 is 2.56 bits per heavy atom. The van der Waals surface area contributed by atoms with E-state index in [0.717, 1.165) is 11.9 Å². The number of amides is 1. The van der Waals surface area contributed by atoms with Gasteiger partial charge in [-0.05, 0) is 0 Å². The Labute approximate surface area is 58.3 Å². The lowest BCUT2D eigenvalue weighted by atomic mass is 10.2. The minimum absolute atomic E-state index is 0.0579. The summed E-state index contributed by atoms with van der Waals surface area (Å²) in [6, 6.07) is 0. The third kappa shape index (κ3) is 4.02. The summed E-state index contributed by atoms with van der Waals surface area (Å²) < 4.78 is 2.34. The average Bonchev–Trinajstić information content (AvgIpc) is 1.82. The van der Waals surface area contributed by atoms with Gasteiger partial charge in [0.25, 0.3) is 0 Å². The zero-order valence-corrected chi connectivity index (χ0v) is 6.20. The highest BCUT2D eigenvalue weighted by Gasteiger charge is 2.04. The average molecular weight is 147 g/mol. The van der Waals surface area contributed by atoms with Gasteiger partial charge in [-0.2, -0.15) is 0 Å². The van der Waals surface area contributed by atoms with Gasteiger partial charge in [0, 0.05) is 17.9 Å². The number of hydrogen-bond donors (Lipinski definition) is 1. The molecule has 0 fully saturated rings. The van der Waals surface area contributed by atoms with Gasteiger partial charge in [0.15, 0.2) is 5.62 Å². The van der Waals surface area contributed by atoms with E-state index in [2.05, 4.69) is 4.72 Å². The van der Waals surface area contributed by atoms with Gasteiger partial charge in [-0.25, -0.2) is 0 Å². The molecule has 0 radical (unpaired) electrons. The van der Waals surface area contributed by atoms with E-state index < -0.39 is 0 Å². The summed E-state index contributed by atoms with van der Waals surface area (Å²) in [7, 11) is 0. The van der Waals surface area contributed by atoms with Gasteiger partial charge in [0.2, 0.25) is 5.91 Å². The summed E-state index contributed by atoms with van der Waals surface area (Å²) in [5, 5.41) is 0.